The second-order valence-corrected chi connectivity index (χ2v) is 10.4. The topological polar surface area (TPSA) is 122 Å². The van der Waals surface area contributed by atoms with Gasteiger partial charge in [-0.1, -0.05) is 24.3 Å². The molecule has 0 atom stereocenters. The number of benzene rings is 2. The molecule has 1 fully saturated rings. The van der Waals surface area contributed by atoms with Gasteiger partial charge in [-0.15, -0.1) is 0 Å². The van der Waals surface area contributed by atoms with Crippen molar-refractivity contribution in [3.05, 3.63) is 54.1 Å². The van der Waals surface area contributed by atoms with Crippen molar-refractivity contribution < 1.29 is 21.6 Å². The Balaban J connectivity index is 1.30. The predicted octanol–water partition coefficient (Wildman–Crippen LogP) is 4.13. The van der Waals surface area contributed by atoms with Crippen LogP contribution < -0.4 is 21.3 Å². The molecule has 0 amide bonds. The van der Waals surface area contributed by atoms with Gasteiger partial charge in [-0.2, -0.15) is 18.2 Å². The van der Waals surface area contributed by atoms with Crippen molar-refractivity contribution in [1.29, 1.82) is 0 Å². The zero-order valence-corrected chi connectivity index (χ0v) is 19.7. The monoisotopic (exact) mass is 508 g/mol. The number of hydrogen-bond donors (Lipinski definition) is 4. The number of para-hydroxylation sites is 1. The number of anilines is 2. The fourth-order valence-electron chi connectivity index (χ4n) is 4.38. The molecule has 1 aliphatic rings. The highest BCUT2D eigenvalue weighted by molar-refractivity contribution is 7.89. The van der Waals surface area contributed by atoms with Crippen LogP contribution in [0, 0.1) is 11.8 Å². The number of hydrazine groups is 1. The Morgan fingerprint density at radius 3 is 2.23 bits per heavy atom. The molecule has 4 rings (SSSR count). The van der Waals surface area contributed by atoms with E-state index in [1.165, 1.54) is 12.1 Å². The van der Waals surface area contributed by atoms with Gasteiger partial charge in [0.2, 0.25) is 16.0 Å². The number of nitrogens with one attached hydrogen (secondary N) is 3. The Kier molecular flexibility index (Phi) is 7.43. The van der Waals surface area contributed by atoms with Crippen LogP contribution in [0.25, 0.3) is 10.9 Å². The fraction of sp³-hybridized carbons (Fsp3) is 0.391. The van der Waals surface area contributed by atoms with Gasteiger partial charge in [0.25, 0.3) is 0 Å². The maximum absolute atomic E-state index is 13.2. The summed E-state index contributed by atoms with van der Waals surface area (Å²) in [6.07, 6.45) is -1.50. The molecule has 0 spiro atoms. The van der Waals surface area contributed by atoms with Crippen LogP contribution in [0.15, 0.2) is 53.4 Å². The van der Waals surface area contributed by atoms with E-state index in [0.29, 0.717) is 24.2 Å². The summed E-state index contributed by atoms with van der Waals surface area (Å²) in [6.45, 7) is 0.758. The highest BCUT2D eigenvalue weighted by Gasteiger charge is 2.37. The first-order chi connectivity index (χ1) is 16.7. The second kappa shape index (κ2) is 10.3. The van der Waals surface area contributed by atoms with Crippen LogP contribution in [0.2, 0.25) is 0 Å². The summed E-state index contributed by atoms with van der Waals surface area (Å²) in [7, 11) is -4.27. The van der Waals surface area contributed by atoms with Crippen LogP contribution >= 0.6 is 0 Å². The number of fused-ring (bicyclic) bond motifs is 1. The normalized spacial score (nSPS) is 19.0. The average molecular weight is 509 g/mol. The number of halogens is 3. The number of nitrogens with two attached hydrogens (primary N) is 1. The number of rotatable bonds is 8. The van der Waals surface area contributed by atoms with E-state index >= 15 is 0 Å². The second-order valence-electron chi connectivity index (χ2n) is 8.67. The largest absolute Gasteiger partial charge is 0.417 e. The van der Waals surface area contributed by atoms with Crippen LogP contribution in [-0.4, -0.2) is 31.5 Å². The number of hydrogen-bond acceptors (Lipinski definition) is 7. The molecule has 2 aromatic carbocycles. The maximum Gasteiger partial charge on any atom is 0.417 e. The van der Waals surface area contributed by atoms with Crippen LogP contribution in [-0.2, 0) is 16.2 Å². The molecule has 0 radical (unpaired) electrons. The van der Waals surface area contributed by atoms with Gasteiger partial charge in [-0.05, 0) is 61.8 Å². The maximum atomic E-state index is 13.2. The van der Waals surface area contributed by atoms with Gasteiger partial charge in [0.1, 0.15) is 0 Å². The molecular weight excluding hydrogens is 481 g/mol. The van der Waals surface area contributed by atoms with Crippen molar-refractivity contribution in [2.75, 3.05) is 23.8 Å². The third-order valence-electron chi connectivity index (χ3n) is 6.30. The fourth-order valence-corrected chi connectivity index (χ4v) is 5.72. The summed E-state index contributed by atoms with van der Waals surface area (Å²) in [5.41, 5.74) is 2.20. The van der Waals surface area contributed by atoms with Crippen molar-refractivity contribution in [2.45, 2.75) is 36.8 Å². The van der Waals surface area contributed by atoms with Crippen molar-refractivity contribution in [2.24, 2.45) is 17.7 Å². The van der Waals surface area contributed by atoms with Gasteiger partial charge in [-0.3, -0.25) is 0 Å². The summed E-state index contributed by atoms with van der Waals surface area (Å²) in [5, 5.41) is 4.08. The number of aromatic nitrogens is 2. The number of sulfonamides is 1. The van der Waals surface area contributed by atoms with Crippen molar-refractivity contribution in [1.82, 2.24) is 14.7 Å². The van der Waals surface area contributed by atoms with E-state index in [4.69, 9.17) is 5.84 Å². The molecule has 12 heteroatoms. The van der Waals surface area contributed by atoms with Crippen LogP contribution in [0.5, 0.6) is 0 Å². The third-order valence-corrected chi connectivity index (χ3v) is 7.78. The van der Waals surface area contributed by atoms with E-state index in [-0.39, 0.29) is 12.5 Å². The van der Waals surface area contributed by atoms with Gasteiger partial charge in [0.15, 0.2) is 5.82 Å². The molecule has 0 bridgehead atoms. The Bertz CT molecular complexity index is 1280. The molecule has 8 nitrogen and oxygen atoms in total. The molecular formula is C23H27F3N6O2S. The van der Waals surface area contributed by atoms with E-state index in [1.807, 2.05) is 24.3 Å². The summed E-state index contributed by atoms with van der Waals surface area (Å²) in [4.78, 5) is 8.19. The van der Waals surface area contributed by atoms with E-state index in [9.17, 15) is 21.6 Å². The number of alkyl halides is 3. The minimum Gasteiger partial charge on any atom is -0.354 e. The lowest BCUT2D eigenvalue weighted by Crippen LogP contribution is -2.33. The quantitative estimate of drug-likeness (QED) is 0.267. The van der Waals surface area contributed by atoms with Gasteiger partial charge in [0, 0.05) is 18.5 Å². The summed E-state index contributed by atoms with van der Waals surface area (Å²) < 4.78 is 67.1. The lowest BCUT2D eigenvalue weighted by Gasteiger charge is -2.29. The van der Waals surface area contributed by atoms with Gasteiger partial charge in [0.05, 0.1) is 16.0 Å². The SMILES string of the molecule is NNc1nc(NC[C@H]2CC[C@H](CNS(=O)(=O)c3ccccc3C(F)(F)F)CC2)nc2ccccc12. The molecule has 0 unspecified atom stereocenters. The summed E-state index contributed by atoms with van der Waals surface area (Å²) >= 11 is 0. The minimum absolute atomic E-state index is 0.0593. The number of nitrogens with zero attached hydrogens (tertiary/aromatic N) is 2. The van der Waals surface area contributed by atoms with E-state index < -0.39 is 26.7 Å². The zero-order valence-electron chi connectivity index (χ0n) is 18.8. The van der Waals surface area contributed by atoms with E-state index in [2.05, 4.69) is 25.4 Å². The molecule has 1 aliphatic carbocycles. The highest BCUT2D eigenvalue weighted by Crippen LogP contribution is 2.34. The Morgan fingerprint density at radius 2 is 1.54 bits per heavy atom. The zero-order chi connectivity index (χ0) is 25.1. The molecule has 35 heavy (non-hydrogen) atoms. The van der Waals surface area contributed by atoms with Crippen LogP contribution in [0.1, 0.15) is 31.2 Å². The van der Waals surface area contributed by atoms with Crippen LogP contribution in [0.3, 0.4) is 0 Å². The third kappa shape index (κ3) is 6.00. The Hall–Kier alpha value is -2.96. The van der Waals surface area contributed by atoms with E-state index in [0.717, 1.165) is 48.7 Å². The predicted molar refractivity (Wildman–Crippen MR) is 128 cm³/mol. The molecule has 3 aromatic rings. The first kappa shape index (κ1) is 25.1. The molecule has 1 saturated carbocycles. The highest BCUT2D eigenvalue weighted by atomic mass is 32.2. The lowest BCUT2D eigenvalue weighted by atomic mass is 9.82. The van der Waals surface area contributed by atoms with Crippen molar-refractivity contribution in [3.8, 4) is 0 Å². The average Bonchev–Trinajstić information content (AvgIpc) is 2.86. The van der Waals surface area contributed by atoms with Crippen molar-refractivity contribution in [3.63, 3.8) is 0 Å². The standard InChI is InChI=1S/C23H27F3N6O2S/c24-23(25,26)18-6-2-4-8-20(18)35(33,34)29-14-16-11-9-15(10-12-16)13-28-22-30-19-7-3-1-5-17(19)21(31-22)32-27/h1-8,15-16,29H,9-14,27H2,(H2,28,30,31,32)/t15-,16-. The molecule has 0 aliphatic heterocycles. The van der Waals surface area contributed by atoms with Gasteiger partial charge < -0.3 is 10.7 Å². The lowest BCUT2D eigenvalue weighted by molar-refractivity contribution is -0.139. The molecule has 1 heterocycles. The molecule has 1 aromatic heterocycles. The molecule has 5 N–H and O–H groups in total. The Labute approximate surface area is 201 Å². The molecule has 188 valence electrons. The van der Waals surface area contributed by atoms with Crippen molar-refractivity contribution >= 4 is 32.7 Å². The Morgan fingerprint density at radius 1 is 0.914 bits per heavy atom. The summed E-state index contributed by atoms with van der Waals surface area (Å²) in [5.74, 6) is 6.99. The minimum atomic E-state index is -4.74. The van der Waals surface area contributed by atoms with Gasteiger partial charge >= 0.3 is 6.18 Å². The molecule has 0 saturated heterocycles. The first-order valence-corrected chi connectivity index (χ1v) is 12.8. The summed E-state index contributed by atoms with van der Waals surface area (Å²) in [6, 6.07) is 11.7. The number of nitrogen functional groups attached to an aromatic ring is 1. The van der Waals surface area contributed by atoms with E-state index in [1.54, 1.807) is 0 Å². The smallest absolute Gasteiger partial charge is 0.354 e. The van der Waals surface area contributed by atoms with Crippen LogP contribution in [0.4, 0.5) is 24.9 Å². The van der Waals surface area contributed by atoms with Gasteiger partial charge in [-0.25, -0.2) is 24.0 Å². The first-order valence-electron chi connectivity index (χ1n) is 11.3.